The lowest BCUT2D eigenvalue weighted by Crippen LogP contribution is -2.36. The van der Waals surface area contributed by atoms with Crippen molar-refractivity contribution < 1.29 is 14.7 Å². The summed E-state index contributed by atoms with van der Waals surface area (Å²) in [6.45, 7) is 1.28. The highest BCUT2D eigenvalue weighted by Gasteiger charge is 2.20. The molecular formula is C11H13N3O3. The van der Waals surface area contributed by atoms with Crippen molar-refractivity contribution >= 4 is 11.9 Å². The largest absolute Gasteiger partial charge is 0.480 e. The van der Waals surface area contributed by atoms with Gasteiger partial charge in [0.2, 0.25) is 0 Å². The number of carboxylic acids is 1. The highest BCUT2D eigenvalue weighted by atomic mass is 16.4. The number of aliphatic carboxylic acids is 1. The Balaban J connectivity index is 2.95. The Kier molecular flexibility index (Phi) is 3.88. The van der Waals surface area contributed by atoms with Gasteiger partial charge in [-0.25, -0.2) is 0 Å². The van der Waals surface area contributed by atoms with Crippen molar-refractivity contribution in [1.82, 2.24) is 14.7 Å². The van der Waals surface area contributed by atoms with Gasteiger partial charge in [0.25, 0.3) is 5.91 Å². The van der Waals surface area contributed by atoms with Gasteiger partial charge in [-0.1, -0.05) is 5.92 Å². The maximum absolute atomic E-state index is 12.0. The van der Waals surface area contributed by atoms with E-state index in [1.54, 1.807) is 20.0 Å². The van der Waals surface area contributed by atoms with Gasteiger partial charge in [0.15, 0.2) is 0 Å². The molecule has 0 fully saturated rings. The zero-order valence-electron chi connectivity index (χ0n) is 9.67. The quantitative estimate of drug-likeness (QED) is 0.739. The highest BCUT2D eigenvalue weighted by Crippen LogP contribution is 2.06. The minimum Gasteiger partial charge on any atom is -0.480 e. The van der Waals surface area contributed by atoms with E-state index in [4.69, 9.17) is 11.5 Å². The number of carbonyl (C=O) groups is 2. The fourth-order valence-electron chi connectivity index (χ4n) is 1.45. The summed E-state index contributed by atoms with van der Waals surface area (Å²) in [6, 6.07) is 1.59. The highest BCUT2D eigenvalue weighted by molar-refractivity contribution is 5.94. The van der Waals surface area contributed by atoms with Gasteiger partial charge in [0.05, 0.1) is 12.2 Å². The lowest BCUT2D eigenvalue weighted by Gasteiger charge is -2.17. The molecule has 6 nitrogen and oxygen atoms in total. The number of nitrogens with zero attached hydrogens (tertiary/aromatic N) is 3. The van der Waals surface area contributed by atoms with Crippen molar-refractivity contribution in [3.05, 3.63) is 17.5 Å². The second kappa shape index (κ2) is 5.16. The molecule has 1 amide bonds. The molecule has 90 valence electrons. The molecule has 1 rings (SSSR count). The first-order valence-electron chi connectivity index (χ1n) is 4.91. The van der Waals surface area contributed by atoms with Crippen LogP contribution in [0, 0.1) is 19.3 Å². The van der Waals surface area contributed by atoms with E-state index in [9.17, 15) is 9.59 Å². The van der Waals surface area contributed by atoms with Crippen molar-refractivity contribution in [1.29, 1.82) is 0 Å². The molecule has 0 aliphatic carbocycles. The normalized spacial score (nSPS) is 9.71. The first-order valence-corrected chi connectivity index (χ1v) is 4.91. The first kappa shape index (κ1) is 12.8. The summed E-state index contributed by atoms with van der Waals surface area (Å²) in [7, 11) is 1.62. The Labute approximate surface area is 98.8 Å². The van der Waals surface area contributed by atoms with Crippen LogP contribution in [-0.4, -0.2) is 44.8 Å². The number of rotatable bonds is 4. The number of aromatic nitrogens is 2. The fourth-order valence-corrected chi connectivity index (χ4v) is 1.45. The van der Waals surface area contributed by atoms with Crippen LogP contribution in [0.25, 0.3) is 0 Å². The average Bonchev–Trinajstić information content (AvgIpc) is 2.55. The van der Waals surface area contributed by atoms with Crippen LogP contribution in [0.4, 0.5) is 0 Å². The summed E-state index contributed by atoms with van der Waals surface area (Å²) < 4.78 is 1.41. The Bertz CT molecular complexity index is 485. The second-order valence-corrected chi connectivity index (χ2v) is 3.55. The van der Waals surface area contributed by atoms with Crippen molar-refractivity contribution in [2.45, 2.75) is 6.92 Å². The molecule has 1 N–H and O–H groups in total. The van der Waals surface area contributed by atoms with Gasteiger partial charge in [0.1, 0.15) is 12.2 Å². The molecule has 0 aliphatic rings. The molecule has 0 radical (unpaired) electrons. The molecule has 0 atom stereocenters. The molecule has 6 heteroatoms. The molecule has 17 heavy (non-hydrogen) atoms. The Morgan fingerprint density at radius 1 is 1.65 bits per heavy atom. The predicted molar refractivity (Wildman–Crippen MR) is 60.3 cm³/mol. The van der Waals surface area contributed by atoms with E-state index >= 15 is 0 Å². The molecule has 0 bridgehead atoms. The third kappa shape index (κ3) is 3.08. The molecule has 0 saturated heterocycles. The van der Waals surface area contributed by atoms with Gasteiger partial charge in [-0.05, 0) is 13.0 Å². The van der Waals surface area contributed by atoms with E-state index in [1.165, 1.54) is 4.68 Å². The summed E-state index contributed by atoms with van der Waals surface area (Å²) in [6.07, 6.45) is 5.11. The molecule has 0 spiro atoms. The molecule has 0 aliphatic heterocycles. The Hall–Kier alpha value is -2.29. The van der Waals surface area contributed by atoms with E-state index in [1.807, 2.05) is 0 Å². The van der Waals surface area contributed by atoms with Crippen LogP contribution >= 0.6 is 0 Å². The average molecular weight is 235 g/mol. The third-order valence-electron chi connectivity index (χ3n) is 2.12. The molecule has 0 saturated carbocycles. The molecule has 1 heterocycles. The minimum absolute atomic E-state index is 0.0463. The number of aryl methyl sites for hydroxylation is 2. The number of carboxylic acid groups (broad SMARTS) is 1. The van der Waals surface area contributed by atoms with Crippen LogP contribution in [0.1, 0.15) is 16.2 Å². The summed E-state index contributed by atoms with van der Waals surface area (Å²) in [5, 5.41) is 12.7. The Morgan fingerprint density at radius 2 is 2.29 bits per heavy atom. The van der Waals surface area contributed by atoms with Crippen LogP contribution in [0.2, 0.25) is 0 Å². The smallest absolute Gasteiger partial charge is 0.323 e. The first-order chi connectivity index (χ1) is 7.95. The topological polar surface area (TPSA) is 75.4 Å². The van der Waals surface area contributed by atoms with Crippen LogP contribution in [-0.2, 0) is 11.8 Å². The molecule has 1 aromatic rings. The van der Waals surface area contributed by atoms with E-state index in [0.29, 0.717) is 11.4 Å². The van der Waals surface area contributed by atoms with Crippen LogP contribution in [0.3, 0.4) is 0 Å². The van der Waals surface area contributed by atoms with Gasteiger partial charge in [-0.15, -0.1) is 6.42 Å². The van der Waals surface area contributed by atoms with E-state index in [0.717, 1.165) is 4.90 Å². The van der Waals surface area contributed by atoms with Gasteiger partial charge in [-0.2, -0.15) is 5.10 Å². The fraction of sp³-hybridized carbons (Fsp3) is 0.364. The van der Waals surface area contributed by atoms with Crippen molar-refractivity contribution in [3.63, 3.8) is 0 Å². The van der Waals surface area contributed by atoms with E-state index < -0.39 is 18.4 Å². The standard InChI is InChI=1S/C11H13N3O3/c1-4-5-14(7-10(15)16)11(17)9-6-8(2)12-13(9)3/h1,6H,5,7H2,2-3H3,(H,15,16). The van der Waals surface area contributed by atoms with Gasteiger partial charge >= 0.3 is 5.97 Å². The number of hydrogen-bond donors (Lipinski definition) is 1. The van der Waals surface area contributed by atoms with Crippen LogP contribution < -0.4 is 0 Å². The number of amides is 1. The lowest BCUT2D eigenvalue weighted by atomic mass is 10.3. The summed E-state index contributed by atoms with van der Waals surface area (Å²) in [5.74, 6) is 0.721. The maximum atomic E-state index is 12.0. The SMILES string of the molecule is C#CCN(CC(=O)O)C(=O)c1cc(C)nn1C. The monoisotopic (exact) mass is 235 g/mol. The molecule has 0 unspecified atom stereocenters. The maximum Gasteiger partial charge on any atom is 0.323 e. The lowest BCUT2D eigenvalue weighted by molar-refractivity contribution is -0.137. The number of terminal acetylenes is 1. The number of hydrogen-bond acceptors (Lipinski definition) is 3. The number of carbonyl (C=O) groups excluding carboxylic acids is 1. The van der Waals surface area contributed by atoms with Crippen molar-refractivity contribution in [3.8, 4) is 12.3 Å². The summed E-state index contributed by atoms with van der Waals surface area (Å²) in [5.41, 5.74) is 1.01. The van der Waals surface area contributed by atoms with Crippen LogP contribution in [0.15, 0.2) is 6.07 Å². The van der Waals surface area contributed by atoms with Crippen molar-refractivity contribution in [2.24, 2.45) is 7.05 Å². The Morgan fingerprint density at radius 3 is 2.71 bits per heavy atom. The summed E-state index contributed by atoms with van der Waals surface area (Å²) >= 11 is 0. The van der Waals surface area contributed by atoms with Crippen LogP contribution in [0.5, 0.6) is 0 Å². The molecule has 1 aromatic heterocycles. The zero-order chi connectivity index (χ0) is 13.0. The van der Waals surface area contributed by atoms with E-state index in [2.05, 4.69) is 11.0 Å². The van der Waals surface area contributed by atoms with Gasteiger partial charge in [-0.3, -0.25) is 14.3 Å². The predicted octanol–water partition coefficient (Wildman–Crippen LogP) is -0.111. The van der Waals surface area contributed by atoms with E-state index in [-0.39, 0.29) is 6.54 Å². The zero-order valence-corrected chi connectivity index (χ0v) is 9.67. The van der Waals surface area contributed by atoms with Gasteiger partial charge < -0.3 is 10.0 Å². The van der Waals surface area contributed by atoms with Crippen molar-refractivity contribution in [2.75, 3.05) is 13.1 Å². The molecular weight excluding hydrogens is 222 g/mol. The second-order valence-electron chi connectivity index (χ2n) is 3.55. The molecule has 0 aromatic carbocycles. The summed E-state index contributed by atoms with van der Waals surface area (Å²) in [4.78, 5) is 23.7. The third-order valence-corrected chi connectivity index (χ3v) is 2.12. The minimum atomic E-state index is -1.10. The van der Waals surface area contributed by atoms with Gasteiger partial charge in [0, 0.05) is 7.05 Å².